The van der Waals surface area contributed by atoms with E-state index < -0.39 is 0 Å². The molecular weight excluding hydrogens is 346 g/mol. The smallest absolute Gasteiger partial charge is 0.279 e. The van der Waals surface area contributed by atoms with Crippen LogP contribution in [0.3, 0.4) is 0 Å². The molecular formula is C20H17N3O2S. The predicted octanol–water partition coefficient (Wildman–Crippen LogP) is 5.50. The first kappa shape index (κ1) is 17.7. The molecule has 0 heterocycles. The minimum Gasteiger partial charge on any atom is -0.279 e. The Morgan fingerprint density at radius 3 is 2.46 bits per heavy atom. The van der Waals surface area contributed by atoms with E-state index in [0.29, 0.717) is 10.5 Å². The van der Waals surface area contributed by atoms with Crippen molar-refractivity contribution >= 4 is 29.4 Å². The molecule has 3 aromatic rings. The molecule has 0 aromatic heterocycles. The van der Waals surface area contributed by atoms with Crippen LogP contribution in [0.4, 0.5) is 11.4 Å². The number of nitrogens with zero attached hydrogens (tertiary/aromatic N) is 2. The maximum absolute atomic E-state index is 11.4. The first-order valence-electron chi connectivity index (χ1n) is 7.99. The SMILES string of the molecule is Cc1ccc(Sc2ccc(/C=N/Nc3ccccc3)cc2[N+](=O)[O-])cc1. The van der Waals surface area contributed by atoms with Crippen LogP contribution in [0.25, 0.3) is 0 Å². The van der Waals surface area contributed by atoms with Crippen molar-refractivity contribution in [3.8, 4) is 0 Å². The molecule has 1 N–H and O–H groups in total. The predicted molar refractivity (Wildman–Crippen MR) is 106 cm³/mol. The Labute approximate surface area is 155 Å². The molecule has 0 spiro atoms. The Bertz CT molecular complexity index is 926. The first-order chi connectivity index (χ1) is 12.6. The van der Waals surface area contributed by atoms with Crippen LogP contribution in [0.5, 0.6) is 0 Å². The second-order valence-electron chi connectivity index (χ2n) is 5.64. The summed E-state index contributed by atoms with van der Waals surface area (Å²) in [6.07, 6.45) is 1.57. The third-order valence-corrected chi connectivity index (χ3v) is 4.68. The number of nitro groups is 1. The molecule has 130 valence electrons. The number of hydrogen-bond acceptors (Lipinski definition) is 5. The molecule has 6 heteroatoms. The Morgan fingerprint density at radius 1 is 1.04 bits per heavy atom. The van der Waals surface area contributed by atoms with E-state index in [4.69, 9.17) is 0 Å². The summed E-state index contributed by atoms with van der Waals surface area (Å²) in [4.78, 5) is 12.7. The molecule has 3 aromatic carbocycles. The second kappa shape index (κ2) is 8.31. The molecule has 5 nitrogen and oxygen atoms in total. The standard InChI is InChI=1S/C20H17N3O2S/c1-15-7-10-18(11-8-15)26-20-12-9-16(13-19(20)23(24)25)14-21-22-17-5-3-2-4-6-17/h2-14,22H,1H3/b21-14+. The molecule has 0 radical (unpaired) electrons. The molecule has 0 unspecified atom stereocenters. The molecule has 0 amide bonds. The third kappa shape index (κ3) is 4.70. The van der Waals surface area contributed by atoms with Gasteiger partial charge in [0.15, 0.2) is 0 Å². The van der Waals surface area contributed by atoms with E-state index in [2.05, 4.69) is 10.5 Å². The van der Waals surface area contributed by atoms with Crippen LogP contribution in [-0.2, 0) is 0 Å². The highest BCUT2D eigenvalue weighted by Crippen LogP contribution is 2.35. The minimum absolute atomic E-state index is 0.0687. The molecule has 0 saturated heterocycles. The van der Waals surface area contributed by atoms with Crippen molar-refractivity contribution in [1.29, 1.82) is 0 Å². The van der Waals surface area contributed by atoms with Gasteiger partial charge >= 0.3 is 0 Å². The Morgan fingerprint density at radius 2 is 1.77 bits per heavy atom. The summed E-state index contributed by atoms with van der Waals surface area (Å²) in [5, 5.41) is 15.6. The van der Waals surface area contributed by atoms with Gasteiger partial charge in [0.1, 0.15) is 0 Å². The zero-order chi connectivity index (χ0) is 18.4. The lowest BCUT2D eigenvalue weighted by Gasteiger charge is -2.05. The van der Waals surface area contributed by atoms with E-state index in [9.17, 15) is 10.1 Å². The molecule has 0 atom stereocenters. The Balaban J connectivity index is 1.78. The van der Waals surface area contributed by atoms with Crippen LogP contribution >= 0.6 is 11.8 Å². The van der Waals surface area contributed by atoms with Gasteiger partial charge < -0.3 is 0 Å². The lowest BCUT2D eigenvalue weighted by Crippen LogP contribution is -1.95. The van der Waals surface area contributed by atoms with Crippen molar-refractivity contribution in [2.75, 3.05) is 5.43 Å². The molecule has 3 rings (SSSR count). The topological polar surface area (TPSA) is 67.5 Å². The van der Waals surface area contributed by atoms with Crippen LogP contribution in [0.2, 0.25) is 0 Å². The maximum atomic E-state index is 11.4. The zero-order valence-electron chi connectivity index (χ0n) is 14.1. The lowest BCUT2D eigenvalue weighted by atomic mass is 10.2. The molecule has 0 saturated carbocycles. The maximum Gasteiger partial charge on any atom is 0.283 e. The number of nitrogens with one attached hydrogen (secondary N) is 1. The fourth-order valence-corrected chi connectivity index (χ4v) is 3.17. The number of nitro benzene ring substituents is 1. The van der Waals surface area contributed by atoms with Gasteiger partial charge in [0.05, 0.1) is 21.7 Å². The quantitative estimate of drug-likeness (QED) is 0.357. The van der Waals surface area contributed by atoms with Gasteiger partial charge in [0.2, 0.25) is 0 Å². The summed E-state index contributed by atoms with van der Waals surface area (Å²) < 4.78 is 0. The van der Waals surface area contributed by atoms with Crippen molar-refractivity contribution in [3.63, 3.8) is 0 Å². The first-order valence-corrected chi connectivity index (χ1v) is 8.80. The molecule has 0 fully saturated rings. The van der Waals surface area contributed by atoms with Crippen molar-refractivity contribution in [3.05, 3.63) is 94.0 Å². The van der Waals surface area contributed by atoms with E-state index in [0.717, 1.165) is 16.1 Å². The summed E-state index contributed by atoms with van der Waals surface area (Å²) in [7, 11) is 0. The average Bonchev–Trinajstić information content (AvgIpc) is 2.65. The van der Waals surface area contributed by atoms with E-state index in [1.165, 1.54) is 17.8 Å². The van der Waals surface area contributed by atoms with Crippen molar-refractivity contribution in [2.24, 2.45) is 5.10 Å². The van der Waals surface area contributed by atoms with Crippen LogP contribution < -0.4 is 5.43 Å². The van der Waals surface area contributed by atoms with E-state index in [1.54, 1.807) is 12.3 Å². The lowest BCUT2D eigenvalue weighted by molar-refractivity contribution is -0.387. The monoisotopic (exact) mass is 363 g/mol. The number of para-hydroxylation sites is 1. The summed E-state index contributed by atoms with van der Waals surface area (Å²) in [5.41, 5.74) is 5.63. The van der Waals surface area contributed by atoms with Gasteiger partial charge in [-0.25, -0.2) is 0 Å². The van der Waals surface area contributed by atoms with Gasteiger partial charge in [-0.3, -0.25) is 15.5 Å². The normalized spacial score (nSPS) is 10.8. The van der Waals surface area contributed by atoms with Crippen molar-refractivity contribution in [2.45, 2.75) is 16.7 Å². The Kier molecular flexibility index (Phi) is 5.66. The van der Waals surface area contributed by atoms with Crippen molar-refractivity contribution in [1.82, 2.24) is 0 Å². The van der Waals surface area contributed by atoms with E-state index in [-0.39, 0.29) is 10.6 Å². The van der Waals surface area contributed by atoms with Gasteiger partial charge in [-0.15, -0.1) is 0 Å². The van der Waals surface area contributed by atoms with Gasteiger partial charge in [0.25, 0.3) is 5.69 Å². The minimum atomic E-state index is -0.363. The summed E-state index contributed by atoms with van der Waals surface area (Å²) in [6.45, 7) is 2.01. The van der Waals surface area contributed by atoms with Crippen LogP contribution in [-0.4, -0.2) is 11.1 Å². The van der Waals surface area contributed by atoms with Gasteiger partial charge in [-0.2, -0.15) is 5.10 Å². The number of benzene rings is 3. The fraction of sp³-hybridized carbons (Fsp3) is 0.0500. The highest BCUT2D eigenvalue weighted by Gasteiger charge is 2.15. The number of hydrazone groups is 1. The molecule has 0 aliphatic rings. The van der Waals surface area contributed by atoms with Gasteiger partial charge in [0, 0.05) is 16.5 Å². The van der Waals surface area contributed by atoms with Crippen molar-refractivity contribution < 1.29 is 4.92 Å². The average molecular weight is 363 g/mol. The summed E-state index contributed by atoms with van der Waals surface area (Å²) >= 11 is 1.38. The zero-order valence-corrected chi connectivity index (χ0v) is 14.9. The number of aryl methyl sites for hydroxylation is 1. The highest BCUT2D eigenvalue weighted by molar-refractivity contribution is 7.99. The molecule has 26 heavy (non-hydrogen) atoms. The van der Waals surface area contributed by atoms with Crippen LogP contribution in [0.15, 0.2) is 87.7 Å². The third-order valence-electron chi connectivity index (χ3n) is 3.61. The largest absolute Gasteiger partial charge is 0.283 e. The number of rotatable bonds is 6. The summed E-state index contributed by atoms with van der Waals surface area (Å²) in [5.74, 6) is 0. The molecule has 0 bridgehead atoms. The number of hydrogen-bond donors (Lipinski definition) is 1. The molecule has 0 aliphatic heterocycles. The van der Waals surface area contributed by atoms with Gasteiger partial charge in [-0.1, -0.05) is 53.7 Å². The highest BCUT2D eigenvalue weighted by atomic mass is 32.2. The van der Waals surface area contributed by atoms with E-state index >= 15 is 0 Å². The van der Waals surface area contributed by atoms with Crippen LogP contribution in [0.1, 0.15) is 11.1 Å². The van der Waals surface area contributed by atoms with E-state index in [1.807, 2.05) is 67.6 Å². The fourth-order valence-electron chi connectivity index (χ4n) is 2.27. The number of anilines is 1. The Hall–Kier alpha value is -3.12. The molecule has 0 aliphatic carbocycles. The second-order valence-corrected chi connectivity index (χ2v) is 6.75. The summed E-state index contributed by atoms with van der Waals surface area (Å²) in [6, 6.07) is 22.5. The van der Waals surface area contributed by atoms with Gasteiger partial charge in [-0.05, 0) is 37.3 Å². The van der Waals surface area contributed by atoms with Crippen LogP contribution in [0, 0.1) is 17.0 Å².